The number of ether oxygens (including phenoxy) is 1. The quantitative estimate of drug-likeness (QED) is 0.811. The Labute approximate surface area is 117 Å². The van der Waals surface area contributed by atoms with Crippen LogP contribution in [0.5, 0.6) is 0 Å². The monoisotopic (exact) mass is 278 g/mol. The molecule has 0 amide bonds. The summed E-state index contributed by atoms with van der Waals surface area (Å²) in [7, 11) is 1.36. The summed E-state index contributed by atoms with van der Waals surface area (Å²) in [4.78, 5) is 15.8. The molecule has 2 aromatic rings. The largest absolute Gasteiger partial charge is 0.464 e. The molecule has 0 spiro atoms. The fraction of sp³-hybridized carbons (Fsp3) is 0.286. The van der Waals surface area contributed by atoms with Crippen molar-refractivity contribution in [3.63, 3.8) is 0 Å². The first-order valence-electron chi connectivity index (χ1n) is 5.88. The summed E-state index contributed by atoms with van der Waals surface area (Å²) in [6, 6.07) is 5.85. The van der Waals surface area contributed by atoms with E-state index in [1.54, 1.807) is 4.57 Å². The summed E-state index contributed by atoms with van der Waals surface area (Å²) in [6.45, 7) is 4.32. The van der Waals surface area contributed by atoms with Crippen molar-refractivity contribution in [1.82, 2.24) is 9.55 Å². The van der Waals surface area contributed by atoms with Gasteiger partial charge in [0.15, 0.2) is 0 Å². The first-order valence-corrected chi connectivity index (χ1v) is 6.26. The van der Waals surface area contributed by atoms with E-state index in [2.05, 4.69) is 4.98 Å². The number of methoxy groups -OCH3 is 1. The Balaban J connectivity index is 2.38. The van der Waals surface area contributed by atoms with Crippen LogP contribution in [0.1, 0.15) is 27.4 Å². The molecule has 19 heavy (non-hydrogen) atoms. The molecule has 0 unspecified atom stereocenters. The normalized spacial score (nSPS) is 10.5. The molecule has 5 heteroatoms. The SMILES string of the molecule is COC(=O)c1cnc(C)n1Cc1ccc(C)cc1Cl. The molecule has 4 nitrogen and oxygen atoms in total. The molecule has 0 N–H and O–H groups in total. The van der Waals surface area contributed by atoms with Crippen molar-refractivity contribution in [1.29, 1.82) is 0 Å². The molecule has 0 saturated heterocycles. The van der Waals surface area contributed by atoms with E-state index in [-0.39, 0.29) is 0 Å². The van der Waals surface area contributed by atoms with Gasteiger partial charge in [-0.25, -0.2) is 9.78 Å². The lowest BCUT2D eigenvalue weighted by Gasteiger charge is -2.11. The second-order valence-electron chi connectivity index (χ2n) is 4.36. The Kier molecular flexibility index (Phi) is 3.90. The predicted octanol–water partition coefficient (Wildman–Crippen LogP) is 2.99. The van der Waals surface area contributed by atoms with Gasteiger partial charge in [0, 0.05) is 5.02 Å². The Morgan fingerprint density at radius 2 is 2.16 bits per heavy atom. The Morgan fingerprint density at radius 3 is 2.79 bits per heavy atom. The molecule has 1 aromatic carbocycles. The molecule has 0 radical (unpaired) electrons. The molecule has 0 fully saturated rings. The molecule has 1 heterocycles. The van der Waals surface area contributed by atoms with E-state index in [1.165, 1.54) is 13.3 Å². The molecule has 1 aromatic heterocycles. The van der Waals surface area contributed by atoms with E-state index in [4.69, 9.17) is 16.3 Å². The van der Waals surface area contributed by atoms with Crippen LogP contribution in [0.15, 0.2) is 24.4 Å². The van der Waals surface area contributed by atoms with Crippen LogP contribution in [-0.2, 0) is 11.3 Å². The maximum atomic E-state index is 11.7. The third-order valence-electron chi connectivity index (χ3n) is 2.99. The van der Waals surface area contributed by atoms with Gasteiger partial charge in [0.2, 0.25) is 0 Å². The van der Waals surface area contributed by atoms with Crippen LogP contribution in [0.4, 0.5) is 0 Å². The predicted molar refractivity (Wildman–Crippen MR) is 73.6 cm³/mol. The zero-order valence-corrected chi connectivity index (χ0v) is 11.9. The van der Waals surface area contributed by atoms with Crippen LogP contribution in [0.2, 0.25) is 5.02 Å². The number of carbonyl (C=O) groups is 1. The van der Waals surface area contributed by atoms with Crippen molar-refractivity contribution in [2.75, 3.05) is 7.11 Å². The van der Waals surface area contributed by atoms with Gasteiger partial charge in [0.1, 0.15) is 11.5 Å². The average Bonchev–Trinajstić information content (AvgIpc) is 2.73. The molecule has 0 aliphatic rings. The number of hydrogen-bond donors (Lipinski definition) is 0. The minimum atomic E-state index is -0.399. The first-order chi connectivity index (χ1) is 9.02. The number of imidazole rings is 1. The van der Waals surface area contributed by atoms with E-state index >= 15 is 0 Å². The highest BCUT2D eigenvalue weighted by atomic mass is 35.5. The van der Waals surface area contributed by atoms with Crippen LogP contribution >= 0.6 is 11.6 Å². The van der Waals surface area contributed by atoms with E-state index < -0.39 is 5.97 Å². The summed E-state index contributed by atoms with van der Waals surface area (Å²) in [5, 5.41) is 0.684. The summed E-state index contributed by atoms with van der Waals surface area (Å²) >= 11 is 6.21. The Bertz CT molecular complexity index is 620. The van der Waals surface area contributed by atoms with Crippen LogP contribution in [-0.4, -0.2) is 22.6 Å². The fourth-order valence-corrected chi connectivity index (χ4v) is 2.18. The number of rotatable bonds is 3. The molecular formula is C14H15ClN2O2. The number of aryl methyl sites for hydroxylation is 2. The maximum absolute atomic E-state index is 11.7. The molecule has 100 valence electrons. The highest BCUT2D eigenvalue weighted by Crippen LogP contribution is 2.20. The van der Waals surface area contributed by atoms with Crippen LogP contribution in [0.25, 0.3) is 0 Å². The van der Waals surface area contributed by atoms with Crippen molar-refractivity contribution < 1.29 is 9.53 Å². The van der Waals surface area contributed by atoms with Crippen LogP contribution in [0.3, 0.4) is 0 Å². The fourth-order valence-electron chi connectivity index (χ4n) is 1.89. The third kappa shape index (κ3) is 2.79. The lowest BCUT2D eigenvalue weighted by atomic mass is 10.1. The van der Waals surface area contributed by atoms with E-state index in [0.717, 1.165) is 17.0 Å². The molecule has 0 aliphatic carbocycles. The smallest absolute Gasteiger partial charge is 0.356 e. The average molecular weight is 279 g/mol. The zero-order chi connectivity index (χ0) is 14.0. The number of benzene rings is 1. The molecule has 0 atom stereocenters. The van der Waals surface area contributed by atoms with Gasteiger partial charge in [-0.15, -0.1) is 0 Å². The minimum Gasteiger partial charge on any atom is -0.464 e. The maximum Gasteiger partial charge on any atom is 0.356 e. The summed E-state index contributed by atoms with van der Waals surface area (Å²) in [5.74, 6) is 0.348. The topological polar surface area (TPSA) is 44.1 Å². The number of nitrogens with zero attached hydrogens (tertiary/aromatic N) is 2. The summed E-state index contributed by atoms with van der Waals surface area (Å²) < 4.78 is 6.54. The third-order valence-corrected chi connectivity index (χ3v) is 3.34. The minimum absolute atomic E-state index is 0.399. The highest BCUT2D eigenvalue weighted by Gasteiger charge is 2.15. The lowest BCUT2D eigenvalue weighted by molar-refractivity contribution is 0.0588. The standard InChI is InChI=1S/C14H15ClN2O2/c1-9-4-5-11(12(15)6-9)8-17-10(2)16-7-13(17)14(18)19-3/h4-7H,8H2,1-3H3. The van der Waals surface area contributed by atoms with Crippen molar-refractivity contribution in [2.24, 2.45) is 0 Å². The van der Waals surface area contributed by atoms with Crippen molar-refractivity contribution in [2.45, 2.75) is 20.4 Å². The van der Waals surface area contributed by atoms with Gasteiger partial charge in [-0.1, -0.05) is 23.7 Å². The second-order valence-corrected chi connectivity index (χ2v) is 4.77. The van der Waals surface area contributed by atoms with Gasteiger partial charge in [-0.05, 0) is 31.0 Å². The van der Waals surface area contributed by atoms with Crippen molar-refractivity contribution >= 4 is 17.6 Å². The number of hydrogen-bond acceptors (Lipinski definition) is 3. The van der Waals surface area contributed by atoms with E-state index in [1.807, 2.05) is 32.0 Å². The number of halogens is 1. The van der Waals surface area contributed by atoms with Gasteiger partial charge < -0.3 is 9.30 Å². The van der Waals surface area contributed by atoms with E-state index in [9.17, 15) is 4.79 Å². The number of esters is 1. The molecule has 0 bridgehead atoms. The van der Waals surface area contributed by atoms with Gasteiger partial charge >= 0.3 is 5.97 Å². The highest BCUT2D eigenvalue weighted by molar-refractivity contribution is 6.31. The molecule has 0 saturated carbocycles. The second kappa shape index (κ2) is 5.45. The van der Waals surface area contributed by atoms with Crippen molar-refractivity contribution in [3.8, 4) is 0 Å². The molecular weight excluding hydrogens is 264 g/mol. The van der Waals surface area contributed by atoms with Crippen molar-refractivity contribution in [3.05, 3.63) is 52.1 Å². The first kappa shape index (κ1) is 13.6. The summed E-state index contributed by atoms with van der Waals surface area (Å²) in [5.41, 5.74) is 2.47. The molecule has 0 aliphatic heterocycles. The zero-order valence-electron chi connectivity index (χ0n) is 11.1. The number of carbonyl (C=O) groups excluding carboxylic acids is 1. The molecule has 2 rings (SSSR count). The van der Waals surface area contributed by atoms with Crippen LogP contribution < -0.4 is 0 Å². The van der Waals surface area contributed by atoms with Crippen LogP contribution in [0, 0.1) is 13.8 Å². The summed E-state index contributed by atoms with van der Waals surface area (Å²) in [6.07, 6.45) is 1.52. The van der Waals surface area contributed by atoms with Gasteiger partial charge in [-0.3, -0.25) is 0 Å². The van der Waals surface area contributed by atoms with Gasteiger partial charge in [-0.2, -0.15) is 0 Å². The Hall–Kier alpha value is -1.81. The van der Waals surface area contributed by atoms with Gasteiger partial charge in [0.05, 0.1) is 19.9 Å². The van der Waals surface area contributed by atoms with E-state index in [0.29, 0.717) is 17.3 Å². The number of aromatic nitrogens is 2. The lowest BCUT2D eigenvalue weighted by Crippen LogP contribution is -2.12. The Morgan fingerprint density at radius 1 is 1.42 bits per heavy atom. The van der Waals surface area contributed by atoms with Gasteiger partial charge in [0.25, 0.3) is 0 Å².